The molecule has 2 aromatic rings. The fraction of sp³-hybridized carbons (Fsp3) is 0.583. The van der Waals surface area contributed by atoms with Crippen LogP contribution in [0.4, 0.5) is 4.39 Å². The monoisotopic (exact) mass is 631 g/mol. The molecule has 0 aliphatic rings. The van der Waals surface area contributed by atoms with Gasteiger partial charge in [0.25, 0.3) is 0 Å². The zero-order valence-electron chi connectivity index (χ0n) is 29.8. The third kappa shape index (κ3) is 15.4. The molecule has 0 saturated heterocycles. The van der Waals surface area contributed by atoms with Gasteiger partial charge in [0.15, 0.2) is 17.2 Å². The van der Waals surface area contributed by atoms with E-state index in [4.69, 9.17) is 23.6 Å². The number of hydrogen-bond donors (Lipinski definition) is 0. The van der Waals surface area contributed by atoms with E-state index in [1.807, 2.05) is 73.6 Å². The predicted octanol–water partition coefficient (Wildman–Crippen LogP) is 8.89. The lowest BCUT2D eigenvalue weighted by Crippen LogP contribution is -2.40. The van der Waals surface area contributed by atoms with Gasteiger partial charge in [-0.3, -0.25) is 9.89 Å². The number of allylic oxidation sites excluding steroid dienone is 3. The van der Waals surface area contributed by atoms with Crippen LogP contribution >= 0.6 is 0 Å². The van der Waals surface area contributed by atoms with Gasteiger partial charge in [0.2, 0.25) is 11.8 Å². The molecule has 0 bridgehead atoms. The summed E-state index contributed by atoms with van der Waals surface area (Å²) in [4.78, 5) is 23.5. The van der Waals surface area contributed by atoms with Crippen molar-refractivity contribution in [1.82, 2.24) is 9.88 Å². The molecule has 254 valence electrons. The molecule has 0 aliphatic heterocycles. The molecule has 1 heterocycles. The fourth-order valence-corrected chi connectivity index (χ4v) is 3.97. The lowest BCUT2D eigenvalue weighted by molar-refractivity contribution is -0.158. The van der Waals surface area contributed by atoms with Crippen molar-refractivity contribution < 1.29 is 27.8 Å². The second-order valence-electron chi connectivity index (χ2n) is 10.4. The van der Waals surface area contributed by atoms with E-state index in [1.165, 1.54) is 12.3 Å². The molecule has 1 aromatic carbocycles. The van der Waals surface area contributed by atoms with Gasteiger partial charge in [-0.15, -0.1) is 0 Å². The molecule has 0 spiro atoms. The number of oxazole rings is 1. The molecule has 9 heteroatoms. The quantitative estimate of drug-likeness (QED) is 0.0791. The molecule has 2 rings (SSSR count). The molecular formula is C36H58FN3O5. The van der Waals surface area contributed by atoms with Gasteiger partial charge in [0.1, 0.15) is 6.26 Å². The number of aliphatic imine (C=N–C) groups is 1. The Morgan fingerprint density at radius 2 is 1.82 bits per heavy atom. The van der Waals surface area contributed by atoms with Crippen LogP contribution in [0.5, 0.6) is 5.75 Å². The lowest BCUT2D eigenvalue weighted by atomic mass is 10.0. The zero-order valence-corrected chi connectivity index (χ0v) is 29.8. The molecule has 0 amide bonds. The first-order valence-corrected chi connectivity index (χ1v) is 16.3. The van der Waals surface area contributed by atoms with E-state index >= 15 is 4.39 Å². The summed E-state index contributed by atoms with van der Waals surface area (Å²) in [5, 5.41) is 0. The van der Waals surface area contributed by atoms with Crippen molar-refractivity contribution in [3.8, 4) is 5.75 Å². The topological polar surface area (TPSA) is 86.4 Å². The van der Waals surface area contributed by atoms with E-state index in [2.05, 4.69) is 22.9 Å². The molecule has 0 fully saturated rings. The smallest absolute Gasteiger partial charge is 0.349 e. The Hall–Kier alpha value is -3.46. The van der Waals surface area contributed by atoms with Gasteiger partial charge in [-0.2, -0.15) is 0 Å². The molecular weight excluding hydrogens is 573 g/mol. The number of aryl methyl sites for hydroxylation is 1. The summed E-state index contributed by atoms with van der Waals surface area (Å²) in [6, 6.07) is 3.35. The second kappa shape index (κ2) is 23.0. The standard InChI is InChI=1S/C32H46FN3O5.2C2H6/c1-9-12-13-14-24(6)30(40-23(4)5)35-15-17-36(22-28-34-16-18-39-28)21-25-19-26(10-2)29(27(33)20-25)41-32(7,8)31(37)38-11-3;2*1-2/h12-14,16,18-20,23H,9-11,15,17,21-22H2,1-8H3;2*1-2H3/b13-12-,24-14+,35-30?;;. The summed E-state index contributed by atoms with van der Waals surface area (Å²) in [5.41, 5.74) is 1.04. The van der Waals surface area contributed by atoms with Crippen molar-refractivity contribution >= 4 is 11.9 Å². The number of benzene rings is 1. The van der Waals surface area contributed by atoms with Crippen LogP contribution in [0.25, 0.3) is 0 Å². The Balaban J connectivity index is 0.00000464. The Labute approximate surface area is 271 Å². The Morgan fingerprint density at radius 3 is 2.38 bits per heavy atom. The molecule has 0 saturated carbocycles. The van der Waals surface area contributed by atoms with Crippen molar-refractivity contribution in [2.24, 2.45) is 4.99 Å². The number of nitrogens with zero attached hydrogens (tertiary/aromatic N) is 3. The summed E-state index contributed by atoms with van der Waals surface area (Å²) in [6.07, 6.45) is 10.7. The highest BCUT2D eigenvalue weighted by atomic mass is 19.1. The molecule has 0 aliphatic carbocycles. The number of rotatable bonds is 16. The number of hydrogen-bond acceptors (Lipinski definition) is 8. The van der Waals surface area contributed by atoms with Gasteiger partial charge in [0, 0.05) is 18.7 Å². The van der Waals surface area contributed by atoms with Gasteiger partial charge < -0.3 is 18.6 Å². The van der Waals surface area contributed by atoms with Gasteiger partial charge in [-0.1, -0.05) is 65.8 Å². The maximum absolute atomic E-state index is 15.4. The lowest BCUT2D eigenvalue weighted by Gasteiger charge is -2.26. The van der Waals surface area contributed by atoms with Gasteiger partial charge in [-0.05, 0) is 71.6 Å². The normalized spacial score (nSPS) is 12.1. The minimum Gasteiger partial charge on any atom is -0.475 e. The minimum absolute atomic E-state index is 0.0133. The first kappa shape index (κ1) is 41.5. The molecule has 0 N–H and O–H groups in total. The van der Waals surface area contributed by atoms with Gasteiger partial charge in [-0.25, -0.2) is 14.2 Å². The number of aromatic nitrogens is 1. The Morgan fingerprint density at radius 1 is 1.13 bits per heavy atom. The molecule has 1 aromatic heterocycles. The van der Waals surface area contributed by atoms with E-state index in [1.54, 1.807) is 27.0 Å². The first-order chi connectivity index (χ1) is 21.5. The Kier molecular flexibility index (Phi) is 21.2. The first-order valence-electron chi connectivity index (χ1n) is 16.3. The summed E-state index contributed by atoms with van der Waals surface area (Å²) < 4.78 is 37.9. The fourth-order valence-electron chi connectivity index (χ4n) is 3.97. The molecule has 0 radical (unpaired) electrons. The van der Waals surface area contributed by atoms with Crippen LogP contribution in [-0.4, -0.2) is 53.2 Å². The van der Waals surface area contributed by atoms with Crippen LogP contribution in [0.1, 0.15) is 107 Å². The summed E-state index contributed by atoms with van der Waals surface area (Å²) in [7, 11) is 0. The average Bonchev–Trinajstić information content (AvgIpc) is 3.53. The van der Waals surface area contributed by atoms with Crippen LogP contribution in [0, 0.1) is 5.82 Å². The maximum Gasteiger partial charge on any atom is 0.349 e. The van der Waals surface area contributed by atoms with Crippen molar-refractivity contribution in [3.05, 3.63) is 71.2 Å². The molecule has 45 heavy (non-hydrogen) atoms. The third-order valence-corrected chi connectivity index (χ3v) is 6.01. The number of esters is 1. The summed E-state index contributed by atoms with van der Waals surface area (Å²) in [6.45, 7) is 24.9. The average molecular weight is 632 g/mol. The van der Waals surface area contributed by atoms with Gasteiger partial charge in [0.05, 0.1) is 32.0 Å². The number of carbonyl (C=O) groups is 1. The van der Waals surface area contributed by atoms with Crippen LogP contribution in [0.2, 0.25) is 0 Å². The summed E-state index contributed by atoms with van der Waals surface area (Å²) in [5.74, 6) is 0.144. The number of carbonyl (C=O) groups excluding carboxylic acids is 1. The van der Waals surface area contributed by atoms with Crippen LogP contribution in [0.15, 0.2) is 57.8 Å². The second-order valence-corrected chi connectivity index (χ2v) is 10.4. The number of halogens is 1. The van der Waals surface area contributed by atoms with Crippen molar-refractivity contribution in [2.45, 2.75) is 121 Å². The van der Waals surface area contributed by atoms with E-state index < -0.39 is 17.4 Å². The Bertz CT molecular complexity index is 1190. The van der Waals surface area contributed by atoms with Crippen molar-refractivity contribution in [1.29, 1.82) is 0 Å². The third-order valence-electron chi connectivity index (χ3n) is 6.01. The minimum atomic E-state index is -1.33. The van der Waals surface area contributed by atoms with Crippen molar-refractivity contribution in [2.75, 3.05) is 19.7 Å². The van der Waals surface area contributed by atoms with Gasteiger partial charge >= 0.3 is 5.97 Å². The number of ether oxygens (including phenoxy) is 3. The van der Waals surface area contributed by atoms with E-state index in [0.29, 0.717) is 50.0 Å². The molecule has 0 unspecified atom stereocenters. The largest absolute Gasteiger partial charge is 0.475 e. The molecule has 0 atom stereocenters. The highest BCUT2D eigenvalue weighted by Gasteiger charge is 2.33. The van der Waals surface area contributed by atoms with E-state index in [0.717, 1.165) is 17.6 Å². The highest BCUT2D eigenvalue weighted by Crippen LogP contribution is 2.30. The highest BCUT2D eigenvalue weighted by molar-refractivity contribution is 5.93. The zero-order chi connectivity index (χ0) is 34.4. The summed E-state index contributed by atoms with van der Waals surface area (Å²) >= 11 is 0. The van der Waals surface area contributed by atoms with Crippen molar-refractivity contribution in [3.63, 3.8) is 0 Å². The van der Waals surface area contributed by atoms with Crippen LogP contribution in [0.3, 0.4) is 0 Å². The predicted molar refractivity (Wildman–Crippen MR) is 182 cm³/mol. The van der Waals surface area contributed by atoms with E-state index in [9.17, 15) is 4.79 Å². The molecule has 8 nitrogen and oxygen atoms in total. The van der Waals surface area contributed by atoms with E-state index in [-0.39, 0.29) is 18.5 Å². The van der Waals surface area contributed by atoms with Crippen LogP contribution < -0.4 is 4.74 Å². The van der Waals surface area contributed by atoms with Crippen LogP contribution in [-0.2, 0) is 33.8 Å². The SMILES string of the molecule is CC.CC.CC/C=C\C=C(/C)C(=NCCN(Cc1cc(F)c(OC(C)(C)C(=O)OCC)c(CC)c1)Cc1ncco1)OC(C)C. The maximum atomic E-state index is 15.4.